The van der Waals surface area contributed by atoms with E-state index in [1.165, 1.54) is 12.1 Å². The van der Waals surface area contributed by atoms with Crippen molar-refractivity contribution in [2.45, 2.75) is 61.8 Å². The van der Waals surface area contributed by atoms with Crippen LogP contribution >= 0.6 is 0 Å². The second-order valence-electron chi connectivity index (χ2n) is 7.82. The van der Waals surface area contributed by atoms with E-state index in [9.17, 15) is 23.1 Å². The summed E-state index contributed by atoms with van der Waals surface area (Å²) in [4.78, 5) is 31.2. The van der Waals surface area contributed by atoms with Crippen molar-refractivity contribution in [2.24, 2.45) is 5.73 Å². The van der Waals surface area contributed by atoms with Crippen LogP contribution in [0.15, 0.2) is 34.0 Å². The molecule has 1 aliphatic rings. The summed E-state index contributed by atoms with van der Waals surface area (Å²) >= 11 is 0. The minimum Gasteiger partial charge on any atom is -0.391 e. The van der Waals surface area contributed by atoms with Gasteiger partial charge in [0, 0.05) is 0 Å². The fourth-order valence-corrected chi connectivity index (χ4v) is 4.72. The first-order valence-corrected chi connectivity index (χ1v) is 11.6. The van der Waals surface area contributed by atoms with Crippen molar-refractivity contribution in [3.63, 3.8) is 0 Å². The predicted octanol–water partition coefficient (Wildman–Crippen LogP) is 1.51. The third kappa shape index (κ3) is 4.88. The van der Waals surface area contributed by atoms with Crippen LogP contribution in [-0.4, -0.2) is 46.8 Å². The Morgan fingerprint density at radius 1 is 1.26 bits per heavy atom. The fourth-order valence-electron chi connectivity index (χ4n) is 3.52. The number of aromatic amines is 1. The number of benzene rings is 1. The third-order valence-electron chi connectivity index (χ3n) is 5.28. The Bertz CT molecular complexity index is 1130. The zero-order valence-corrected chi connectivity index (χ0v) is 18.2. The molecule has 0 spiro atoms. The molecule has 3 rings (SSSR count). The molecule has 2 atom stereocenters. The van der Waals surface area contributed by atoms with Crippen molar-refractivity contribution >= 4 is 33.2 Å². The van der Waals surface area contributed by atoms with Gasteiger partial charge in [-0.05, 0) is 38.8 Å². The van der Waals surface area contributed by atoms with Crippen LogP contribution in [0.1, 0.15) is 49.9 Å². The average molecular weight is 450 g/mol. The van der Waals surface area contributed by atoms with Gasteiger partial charge in [0.2, 0.25) is 5.95 Å². The number of aliphatic hydroxyl groups is 1. The lowest BCUT2D eigenvalue weighted by Gasteiger charge is -2.28. The number of hydrogen-bond donors (Lipinski definition) is 5. The molecule has 168 valence electrons. The monoisotopic (exact) mass is 449 g/mol. The number of nitrogens with zero attached hydrogens (tertiary/aromatic N) is 1. The molecular weight excluding hydrogens is 422 g/mol. The van der Waals surface area contributed by atoms with Gasteiger partial charge in [0.05, 0.1) is 28.0 Å². The summed E-state index contributed by atoms with van der Waals surface area (Å²) in [7, 11) is -3.65. The van der Waals surface area contributed by atoms with E-state index in [2.05, 4.69) is 20.6 Å². The van der Waals surface area contributed by atoms with Crippen LogP contribution in [0.2, 0.25) is 0 Å². The summed E-state index contributed by atoms with van der Waals surface area (Å²) in [6, 6.07) is 5.85. The van der Waals surface area contributed by atoms with Crippen molar-refractivity contribution in [1.82, 2.24) is 9.97 Å². The summed E-state index contributed by atoms with van der Waals surface area (Å²) in [5, 5.41) is 15.3. The van der Waals surface area contributed by atoms with Crippen molar-refractivity contribution in [2.75, 3.05) is 10.6 Å². The Labute approximate surface area is 180 Å². The highest BCUT2D eigenvalue weighted by Crippen LogP contribution is 2.28. The van der Waals surface area contributed by atoms with E-state index < -0.39 is 38.2 Å². The van der Waals surface area contributed by atoms with Crippen molar-refractivity contribution in [1.29, 1.82) is 0 Å². The molecule has 0 aliphatic heterocycles. The quantitative estimate of drug-likeness (QED) is 0.424. The number of sulfone groups is 1. The van der Waals surface area contributed by atoms with Gasteiger partial charge in [-0.3, -0.25) is 14.6 Å². The van der Waals surface area contributed by atoms with Crippen LogP contribution in [0.4, 0.5) is 17.5 Å². The molecule has 11 heteroatoms. The van der Waals surface area contributed by atoms with Gasteiger partial charge in [-0.25, -0.2) is 8.42 Å². The first-order valence-electron chi connectivity index (χ1n) is 10.1. The molecule has 0 radical (unpaired) electrons. The molecule has 1 aromatic carbocycles. The molecule has 1 heterocycles. The topological polar surface area (TPSA) is 167 Å². The molecule has 1 fully saturated rings. The number of amides is 1. The molecular formula is C20H27N5O5S. The van der Waals surface area contributed by atoms with E-state index in [-0.39, 0.29) is 28.4 Å². The van der Waals surface area contributed by atoms with Crippen LogP contribution < -0.4 is 21.9 Å². The summed E-state index contributed by atoms with van der Waals surface area (Å²) in [5.74, 6) is -1.13. The van der Waals surface area contributed by atoms with Gasteiger partial charge in [0.1, 0.15) is 5.56 Å². The second-order valence-corrected chi connectivity index (χ2v) is 10.3. The van der Waals surface area contributed by atoms with Gasteiger partial charge >= 0.3 is 0 Å². The number of carbonyl (C=O) groups excluding carboxylic acids is 1. The van der Waals surface area contributed by atoms with Gasteiger partial charge in [0.25, 0.3) is 11.5 Å². The Hall–Kier alpha value is -2.92. The van der Waals surface area contributed by atoms with E-state index in [1.807, 2.05) is 0 Å². The summed E-state index contributed by atoms with van der Waals surface area (Å²) in [6.45, 7) is 3.12. The normalized spacial score (nSPS) is 19.2. The van der Waals surface area contributed by atoms with E-state index in [0.29, 0.717) is 12.8 Å². The Balaban J connectivity index is 2.04. The van der Waals surface area contributed by atoms with Gasteiger partial charge in [-0.2, -0.15) is 4.98 Å². The number of primary amides is 1. The number of aliphatic hydroxyl groups excluding tert-OH is 1. The largest absolute Gasteiger partial charge is 0.391 e. The summed E-state index contributed by atoms with van der Waals surface area (Å²) in [6.07, 6.45) is 2.57. The highest BCUT2D eigenvalue weighted by Gasteiger charge is 2.26. The van der Waals surface area contributed by atoms with Crippen molar-refractivity contribution < 1.29 is 18.3 Å². The Morgan fingerprint density at radius 3 is 2.58 bits per heavy atom. The number of carbonyl (C=O) groups is 1. The van der Waals surface area contributed by atoms with E-state index in [4.69, 9.17) is 5.73 Å². The highest BCUT2D eigenvalue weighted by atomic mass is 32.2. The number of H-pyrrole nitrogens is 1. The molecule has 2 aromatic rings. The Kier molecular flexibility index (Phi) is 6.65. The van der Waals surface area contributed by atoms with Gasteiger partial charge < -0.3 is 21.5 Å². The number of nitrogens with two attached hydrogens (primary N) is 1. The van der Waals surface area contributed by atoms with Crippen LogP contribution in [-0.2, 0) is 9.84 Å². The van der Waals surface area contributed by atoms with E-state index in [1.54, 1.807) is 26.0 Å². The number of para-hydroxylation sites is 1. The highest BCUT2D eigenvalue weighted by molar-refractivity contribution is 7.92. The fraction of sp³-hybridized carbons (Fsp3) is 0.450. The number of hydrogen-bond acceptors (Lipinski definition) is 8. The van der Waals surface area contributed by atoms with Crippen molar-refractivity contribution in [3.05, 3.63) is 40.2 Å². The molecule has 1 aliphatic carbocycles. The number of aromatic nitrogens is 2. The molecule has 0 unspecified atom stereocenters. The molecule has 1 aromatic heterocycles. The van der Waals surface area contributed by atoms with Crippen LogP contribution in [0.25, 0.3) is 0 Å². The minimum absolute atomic E-state index is 0.0136. The molecule has 31 heavy (non-hydrogen) atoms. The standard InChI is InChI=1S/C20H27N5O5S/c1-11(2)31(29,30)15-10-6-4-8-13(15)22-18-16(17(21)27)19(28)25-20(24-18)23-12-7-3-5-9-14(12)26/h4,6,8,10-12,14,26H,3,5,7,9H2,1-2H3,(H2,21,27)(H3,22,23,24,25,28)/t12-,14-/m1/s1. The lowest BCUT2D eigenvalue weighted by Crippen LogP contribution is -2.38. The second kappa shape index (κ2) is 9.06. The number of rotatable bonds is 7. The first-order chi connectivity index (χ1) is 14.6. The van der Waals surface area contributed by atoms with E-state index in [0.717, 1.165) is 12.8 Å². The maximum absolute atomic E-state index is 12.7. The molecule has 0 bridgehead atoms. The van der Waals surface area contributed by atoms with Crippen LogP contribution in [0.5, 0.6) is 0 Å². The predicted molar refractivity (Wildman–Crippen MR) is 117 cm³/mol. The molecule has 1 saturated carbocycles. The molecule has 0 saturated heterocycles. The third-order valence-corrected chi connectivity index (χ3v) is 7.49. The smallest absolute Gasteiger partial charge is 0.267 e. The summed E-state index contributed by atoms with van der Waals surface area (Å²) < 4.78 is 25.5. The zero-order valence-electron chi connectivity index (χ0n) is 17.4. The molecule has 6 N–H and O–H groups in total. The van der Waals surface area contributed by atoms with Gasteiger partial charge in [-0.1, -0.05) is 25.0 Å². The number of nitrogens with one attached hydrogen (secondary N) is 3. The SMILES string of the molecule is CC(C)S(=O)(=O)c1ccccc1Nc1nc(N[C@@H]2CCCC[C@H]2O)[nH]c(=O)c1C(N)=O. The first kappa shape index (κ1) is 22.8. The zero-order chi connectivity index (χ0) is 22.8. The minimum atomic E-state index is -3.65. The Morgan fingerprint density at radius 2 is 1.94 bits per heavy atom. The van der Waals surface area contributed by atoms with E-state index >= 15 is 0 Å². The number of anilines is 3. The summed E-state index contributed by atoms with van der Waals surface area (Å²) in [5.41, 5.74) is 4.35. The van der Waals surface area contributed by atoms with Crippen LogP contribution in [0.3, 0.4) is 0 Å². The average Bonchev–Trinajstić information content (AvgIpc) is 2.69. The molecule has 1 amide bonds. The molecule has 10 nitrogen and oxygen atoms in total. The van der Waals surface area contributed by atoms with Gasteiger partial charge in [-0.15, -0.1) is 0 Å². The van der Waals surface area contributed by atoms with Crippen LogP contribution in [0, 0.1) is 0 Å². The van der Waals surface area contributed by atoms with Crippen molar-refractivity contribution in [3.8, 4) is 0 Å². The maximum Gasteiger partial charge on any atom is 0.267 e. The van der Waals surface area contributed by atoms with Gasteiger partial charge in [0.15, 0.2) is 15.7 Å². The lowest BCUT2D eigenvalue weighted by molar-refractivity contribution is 0.0999. The lowest BCUT2D eigenvalue weighted by atomic mass is 9.93. The maximum atomic E-state index is 12.7.